The zero-order chi connectivity index (χ0) is 13.1. The van der Waals surface area contributed by atoms with E-state index in [1.807, 2.05) is 6.07 Å². The monoisotopic (exact) mass is 245 g/mol. The molecule has 0 saturated heterocycles. The molecule has 3 N–H and O–H groups in total. The van der Waals surface area contributed by atoms with Crippen molar-refractivity contribution >= 4 is 11.6 Å². The van der Waals surface area contributed by atoms with E-state index in [1.165, 1.54) is 18.2 Å². The summed E-state index contributed by atoms with van der Waals surface area (Å²) in [6.07, 6.45) is 2.24. The number of carbonyl (C=O) groups excluding carboxylic acids is 1. The molecule has 0 aromatic heterocycles. The smallest absolute Gasteiger partial charge is 0.256 e. The van der Waals surface area contributed by atoms with Crippen molar-refractivity contribution in [2.45, 2.75) is 25.3 Å². The number of phenolic OH excluding ortho intramolecular Hbond substituents is 1. The first-order chi connectivity index (χ1) is 8.63. The van der Waals surface area contributed by atoms with E-state index in [4.69, 9.17) is 11.0 Å². The van der Waals surface area contributed by atoms with Crippen LogP contribution < -0.4 is 5.73 Å². The molecule has 1 saturated carbocycles. The summed E-state index contributed by atoms with van der Waals surface area (Å²) in [5.41, 5.74) is 6.41. The minimum Gasteiger partial charge on any atom is -0.508 e. The number of phenols is 1. The number of aromatic hydroxyl groups is 1. The van der Waals surface area contributed by atoms with E-state index in [2.05, 4.69) is 0 Å². The van der Waals surface area contributed by atoms with Crippen molar-refractivity contribution in [1.82, 2.24) is 4.90 Å². The highest BCUT2D eigenvalue weighted by atomic mass is 16.3. The predicted octanol–water partition coefficient (Wildman–Crippen LogP) is 1.49. The highest BCUT2D eigenvalue weighted by molar-refractivity contribution is 5.99. The number of nitriles is 1. The molecule has 0 unspecified atom stereocenters. The van der Waals surface area contributed by atoms with Gasteiger partial charge in [-0.05, 0) is 31.0 Å². The standard InChI is InChI=1S/C13H15N3O2/c14-6-1-7-16(9-2-3-9)13(18)11-8-10(17)4-5-12(11)15/h4-5,8-9,17H,1-3,7,15H2. The van der Waals surface area contributed by atoms with Gasteiger partial charge in [0.05, 0.1) is 18.1 Å². The van der Waals surface area contributed by atoms with Crippen molar-refractivity contribution < 1.29 is 9.90 Å². The maximum absolute atomic E-state index is 12.3. The van der Waals surface area contributed by atoms with Crippen molar-refractivity contribution in [2.75, 3.05) is 12.3 Å². The summed E-state index contributed by atoms with van der Waals surface area (Å²) in [6, 6.07) is 6.59. The lowest BCUT2D eigenvalue weighted by Crippen LogP contribution is -2.34. The molecule has 1 aromatic carbocycles. The van der Waals surface area contributed by atoms with Crippen LogP contribution in [0.3, 0.4) is 0 Å². The van der Waals surface area contributed by atoms with Crippen molar-refractivity contribution in [2.24, 2.45) is 0 Å². The summed E-state index contributed by atoms with van der Waals surface area (Å²) in [5.74, 6) is -0.190. The number of nitrogens with zero attached hydrogens (tertiary/aromatic N) is 2. The fourth-order valence-electron chi connectivity index (χ4n) is 1.89. The van der Waals surface area contributed by atoms with Crippen LogP contribution in [0.15, 0.2) is 18.2 Å². The Hall–Kier alpha value is -2.22. The minimum atomic E-state index is -0.207. The van der Waals surface area contributed by atoms with Crippen molar-refractivity contribution in [3.05, 3.63) is 23.8 Å². The van der Waals surface area contributed by atoms with Crippen LogP contribution in [0.1, 0.15) is 29.6 Å². The minimum absolute atomic E-state index is 0.0172. The Morgan fingerprint density at radius 3 is 2.89 bits per heavy atom. The SMILES string of the molecule is N#CCCN(C(=O)c1cc(O)ccc1N)C1CC1. The van der Waals surface area contributed by atoms with Gasteiger partial charge in [0.1, 0.15) is 5.75 Å². The molecule has 1 aromatic rings. The molecule has 0 heterocycles. The largest absolute Gasteiger partial charge is 0.508 e. The highest BCUT2D eigenvalue weighted by Crippen LogP contribution is 2.30. The molecule has 0 aliphatic heterocycles. The summed E-state index contributed by atoms with van der Waals surface area (Å²) < 4.78 is 0. The van der Waals surface area contributed by atoms with E-state index in [-0.39, 0.29) is 17.7 Å². The molecule has 0 radical (unpaired) electrons. The lowest BCUT2D eigenvalue weighted by molar-refractivity contribution is 0.0747. The molecular weight excluding hydrogens is 230 g/mol. The Bertz CT molecular complexity index is 503. The van der Waals surface area contributed by atoms with Crippen LogP contribution in [0, 0.1) is 11.3 Å². The van der Waals surface area contributed by atoms with Gasteiger partial charge in [-0.1, -0.05) is 0 Å². The van der Waals surface area contributed by atoms with Crippen LogP contribution in [-0.2, 0) is 0 Å². The first-order valence-electron chi connectivity index (χ1n) is 5.90. The average molecular weight is 245 g/mol. The molecule has 0 spiro atoms. The van der Waals surface area contributed by atoms with Gasteiger partial charge < -0.3 is 15.7 Å². The molecule has 0 atom stereocenters. The summed E-state index contributed by atoms with van der Waals surface area (Å²) in [7, 11) is 0. The van der Waals surface area contributed by atoms with Gasteiger partial charge in [-0.2, -0.15) is 5.26 Å². The van der Waals surface area contributed by atoms with Gasteiger partial charge in [0, 0.05) is 18.3 Å². The highest BCUT2D eigenvalue weighted by Gasteiger charge is 2.33. The Morgan fingerprint density at radius 1 is 1.56 bits per heavy atom. The van der Waals surface area contributed by atoms with Crippen molar-refractivity contribution in [3.8, 4) is 11.8 Å². The molecule has 0 bridgehead atoms. The van der Waals surface area contributed by atoms with Crippen LogP contribution in [0.4, 0.5) is 5.69 Å². The number of anilines is 1. The van der Waals surface area contributed by atoms with Crippen LogP contribution in [0.2, 0.25) is 0 Å². The third-order valence-electron chi connectivity index (χ3n) is 2.98. The topological polar surface area (TPSA) is 90.3 Å². The third kappa shape index (κ3) is 2.54. The molecule has 1 fully saturated rings. The van der Waals surface area contributed by atoms with Crippen molar-refractivity contribution in [3.63, 3.8) is 0 Å². The Balaban J connectivity index is 2.22. The summed E-state index contributed by atoms with van der Waals surface area (Å²) >= 11 is 0. The number of nitrogens with two attached hydrogens (primary N) is 1. The number of benzene rings is 1. The number of amides is 1. The zero-order valence-corrected chi connectivity index (χ0v) is 9.97. The Morgan fingerprint density at radius 2 is 2.28 bits per heavy atom. The molecule has 1 aliphatic carbocycles. The summed E-state index contributed by atoms with van der Waals surface area (Å²) in [4.78, 5) is 14.0. The maximum atomic E-state index is 12.3. The normalized spacial score (nSPS) is 13.9. The molecule has 5 heteroatoms. The van der Waals surface area contributed by atoms with E-state index in [9.17, 15) is 9.90 Å². The number of hydrogen-bond acceptors (Lipinski definition) is 4. The second kappa shape index (κ2) is 4.96. The van der Waals surface area contributed by atoms with E-state index < -0.39 is 0 Å². The second-order valence-corrected chi connectivity index (χ2v) is 4.41. The summed E-state index contributed by atoms with van der Waals surface area (Å²) in [6.45, 7) is 0.412. The fraction of sp³-hybridized carbons (Fsp3) is 0.385. The Labute approximate surface area is 105 Å². The van der Waals surface area contributed by atoms with E-state index >= 15 is 0 Å². The first kappa shape index (κ1) is 12.2. The molecule has 1 amide bonds. The van der Waals surface area contributed by atoms with Gasteiger partial charge in [0.15, 0.2) is 0 Å². The van der Waals surface area contributed by atoms with Crippen LogP contribution in [0.25, 0.3) is 0 Å². The van der Waals surface area contributed by atoms with Crippen molar-refractivity contribution in [1.29, 1.82) is 5.26 Å². The zero-order valence-electron chi connectivity index (χ0n) is 9.97. The average Bonchev–Trinajstić information content (AvgIpc) is 3.17. The van der Waals surface area contributed by atoms with Crippen LogP contribution in [0.5, 0.6) is 5.75 Å². The van der Waals surface area contributed by atoms with Gasteiger partial charge in [0.25, 0.3) is 5.91 Å². The van der Waals surface area contributed by atoms with E-state index in [1.54, 1.807) is 4.90 Å². The van der Waals surface area contributed by atoms with Gasteiger partial charge >= 0.3 is 0 Å². The quantitative estimate of drug-likeness (QED) is 0.621. The van der Waals surface area contributed by atoms with Gasteiger partial charge in [-0.3, -0.25) is 4.79 Å². The lowest BCUT2D eigenvalue weighted by atomic mass is 10.1. The number of carbonyl (C=O) groups is 1. The van der Waals surface area contributed by atoms with Gasteiger partial charge in [-0.25, -0.2) is 0 Å². The molecule has 5 nitrogen and oxygen atoms in total. The molecule has 18 heavy (non-hydrogen) atoms. The number of rotatable bonds is 4. The fourth-order valence-corrected chi connectivity index (χ4v) is 1.89. The van der Waals surface area contributed by atoms with Gasteiger partial charge in [0.2, 0.25) is 0 Å². The Kier molecular flexibility index (Phi) is 3.38. The van der Waals surface area contributed by atoms with E-state index in [0.29, 0.717) is 24.2 Å². The molecule has 2 rings (SSSR count). The first-order valence-corrected chi connectivity index (χ1v) is 5.90. The molecule has 94 valence electrons. The number of hydrogen-bond donors (Lipinski definition) is 2. The van der Waals surface area contributed by atoms with Crippen LogP contribution >= 0.6 is 0 Å². The third-order valence-corrected chi connectivity index (χ3v) is 2.98. The molecular formula is C13H15N3O2. The molecule has 1 aliphatic rings. The van der Waals surface area contributed by atoms with Crippen LogP contribution in [-0.4, -0.2) is 28.5 Å². The maximum Gasteiger partial charge on any atom is 0.256 e. The van der Waals surface area contributed by atoms with E-state index in [0.717, 1.165) is 12.8 Å². The van der Waals surface area contributed by atoms with Gasteiger partial charge in [-0.15, -0.1) is 0 Å². The summed E-state index contributed by atoms with van der Waals surface area (Å²) in [5, 5.41) is 18.0. The predicted molar refractivity (Wildman–Crippen MR) is 66.8 cm³/mol. The second-order valence-electron chi connectivity index (χ2n) is 4.41. The lowest BCUT2D eigenvalue weighted by Gasteiger charge is -2.22. The number of nitrogen functional groups attached to an aromatic ring is 1.